The van der Waals surface area contributed by atoms with Crippen molar-refractivity contribution in [2.75, 3.05) is 31.1 Å². The predicted octanol–water partition coefficient (Wildman–Crippen LogP) is -1.64. The number of amides is 1. The molecule has 1 aliphatic heterocycles. The zero-order chi connectivity index (χ0) is 11.5. The van der Waals surface area contributed by atoms with Gasteiger partial charge in [0.15, 0.2) is 0 Å². The van der Waals surface area contributed by atoms with Crippen LogP contribution in [0.3, 0.4) is 0 Å². The highest BCUT2D eigenvalue weighted by molar-refractivity contribution is 5.65. The van der Waals surface area contributed by atoms with E-state index in [9.17, 15) is 9.90 Å². The minimum atomic E-state index is -0.978. The Balaban J connectivity index is 2.09. The van der Waals surface area contributed by atoms with Crippen LogP contribution >= 0.6 is 0 Å². The highest BCUT2D eigenvalue weighted by Crippen LogP contribution is 2.14. The number of rotatable bonds is 2. The summed E-state index contributed by atoms with van der Waals surface area (Å²) in [4.78, 5) is 13.8. The first-order valence-corrected chi connectivity index (χ1v) is 4.81. The summed E-state index contributed by atoms with van der Waals surface area (Å²) in [6.45, 7) is 0.915. The Labute approximate surface area is 90.7 Å². The standard InChI is InChI=1S/C7H12N6O3/c14-4-5-3-12(7(15)16)1-2-13(5)6-8-10-11-9-6/h5,14H,1-4H2,(H,15,16)(H,8,9,10,11). The number of aromatic amines is 1. The van der Waals surface area contributed by atoms with Gasteiger partial charge >= 0.3 is 6.09 Å². The Morgan fingerprint density at radius 2 is 2.38 bits per heavy atom. The van der Waals surface area contributed by atoms with Crippen molar-refractivity contribution in [3.05, 3.63) is 0 Å². The SMILES string of the molecule is O=C(O)N1CCN(c2nnn[nH]2)C(CO)C1. The summed E-state index contributed by atoms with van der Waals surface area (Å²) in [5.41, 5.74) is 0. The number of hydrogen-bond donors (Lipinski definition) is 3. The number of aliphatic hydroxyl groups excluding tert-OH is 1. The summed E-state index contributed by atoms with van der Waals surface area (Å²) in [5.74, 6) is 0.448. The molecule has 0 aliphatic carbocycles. The van der Waals surface area contributed by atoms with Crippen LogP contribution in [0, 0.1) is 0 Å². The Hall–Kier alpha value is -1.90. The highest BCUT2D eigenvalue weighted by Gasteiger charge is 2.30. The van der Waals surface area contributed by atoms with E-state index in [0.29, 0.717) is 19.0 Å². The van der Waals surface area contributed by atoms with Crippen LogP contribution in [0.4, 0.5) is 10.7 Å². The lowest BCUT2D eigenvalue weighted by Crippen LogP contribution is -2.56. The van der Waals surface area contributed by atoms with Gasteiger partial charge in [0, 0.05) is 19.6 Å². The normalized spacial score (nSPS) is 21.2. The largest absolute Gasteiger partial charge is 0.465 e. The monoisotopic (exact) mass is 228 g/mol. The van der Waals surface area contributed by atoms with Crippen molar-refractivity contribution in [3.8, 4) is 0 Å². The fourth-order valence-corrected chi connectivity index (χ4v) is 1.74. The van der Waals surface area contributed by atoms with E-state index in [1.165, 1.54) is 4.90 Å². The number of nitrogens with one attached hydrogen (secondary N) is 1. The molecular weight excluding hydrogens is 216 g/mol. The molecule has 1 aromatic heterocycles. The molecule has 1 unspecified atom stereocenters. The van der Waals surface area contributed by atoms with Gasteiger partial charge in [-0.2, -0.15) is 0 Å². The molecule has 1 aromatic rings. The molecule has 16 heavy (non-hydrogen) atoms. The quantitative estimate of drug-likeness (QED) is 0.555. The van der Waals surface area contributed by atoms with Crippen LogP contribution in [0.25, 0.3) is 0 Å². The molecule has 1 fully saturated rings. The van der Waals surface area contributed by atoms with Crippen LogP contribution in [0.2, 0.25) is 0 Å². The number of carbonyl (C=O) groups is 1. The maximum Gasteiger partial charge on any atom is 0.407 e. The van der Waals surface area contributed by atoms with Crippen molar-refractivity contribution < 1.29 is 15.0 Å². The average Bonchev–Trinajstić information content (AvgIpc) is 2.81. The summed E-state index contributed by atoms with van der Waals surface area (Å²) in [6, 6.07) is -0.320. The van der Waals surface area contributed by atoms with Crippen LogP contribution in [0.1, 0.15) is 0 Å². The summed E-state index contributed by atoms with van der Waals surface area (Å²) in [6.07, 6.45) is -0.978. The zero-order valence-electron chi connectivity index (χ0n) is 8.44. The number of piperazine rings is 1. The average molecular weight is 228 g/mol. The summed E-state index contributed by atoms with van der Waals surface area (Å²) in [5, 5.41) is 31.3. The lowest BCUT2D eigenvalue weighted by molar-refractivity contribution is 0.124. The second kappa shape index (κ2) is 4.31. The first-order valence-electron chi connectivity index (χ1n) is 4.81. The van der Waals surface area contributed by atoms with E-state index in [0.717, 1.165) is 0 Å². The van der Waals surface area contributed by atoms with Gasteiger partial charge < -0.3 is 20.0 Å². The van der Waals surface area contributed by atoms with Gasteiger partial charge in [0.25, 0.3) is 0 Å². The number of anilines is 1. The fourth-order valence-electron chi connectivity index (χ4n) is 1.74. The molecule has 2 rings (SSSR count). The molecule has 1 atom stereocenters. The first-order chi connectivity index (χ1) is 7.72. The molecule has 0 spiro atoms. The van der Waals surface area contributed by atoms with E-state index < -0.39 is 6.09 Å². The van der Waals surface area contributed by atoms with Crippen LogP contribution in [-0.4, -0.2) is 74.1 Å². The Morgan fingerprint density at radius 3 is 2.94 bits per heavy atom. The van der Waals surface area contributed by atoms with Gasteiger partial charge in [-0.25, -0.2) is 9.89 Å². The van der Waals surface area contributed by atoms with Crippen LogP contribution < -0.4 is 4.90 Å². The third-order valence-corrected chi connectivity index (χ3v) is 2.57. The topological polar surface area (TPSA) is 118 Å². The Kier molecular flexibility index (Phi) is 2.86. The van der Waals surface area contributed by atoms with Gasteiger partial charge in [0.1, 0.15) is 0 Å². The van der Waals surface area contributed by atoms with Crippen molar-refractivity contribution in [1.82, 2.24) is 25.5 Å². The van der Waals surface area contributed by atoms with Gasteiger partial charge in [0.05, 0.1) is 12.6 Å². The third kappa shape index (κ3) is 1.89. The second-order valence-corrected chi connectivity index (χ2v) is 3.48. The van der Waals surface area contributed by atoms with Crippen LogP contribution in [0.15, 0.2) is 0 Å². The Morgan fingerprint density at radius 1 is 1.56 bits per heavy atom. The maximum absolute atomic E-state index is 10.8. The molecule has 0 radical (unpaired) electrons. The molecule has 3 N–H and O–H groups in total. The molecule has 0 bridgehead atoms. The minimum absolute atomic E-state index is 0.148. The van der Waals surface area contributed by atoms with Gasteiger partial charge in [-0.1, -0.05) is 5.10 Å². The van der Waals surface area contributed by atoms with Crippen molar-refractivity contribution in [1.29, 1.82) is 0 Å². The minimum Gasteiger partial charge on any atom is -0.465 e. The van der Waals surface area contributed by atoms with Gasteiger partial charge in [-0.15, -0.1) is 0 Å². The number of carboxylic acid groups (broad SMARTS) is 1. The van der Waals surface area contributed by atoms with E-state index in [1.54, 1.807) is 4.90 Å². The molecular formula is C7H12N6O3. The number of nitrogens with zero attached hydrogens (tertiary/aromatic N) is 5. The highest BCUT2D eigenvalue weighted by atomic mass is 16.4. The third-order valence-electron chi connectivity index (χ3n) is 2.57. The number of H-pyrrole nitrogens is 1. The van der Waals surface area contributed by atoms with E-state index >= 15 is 0 Å². The molecule has 9 nitrogen and oxygen atoms in total. The first kappa shape index (κ1) is 10.6. The molecule has 1 amide bonds. The van der Waals surface area contributed by atoms with Crippen molar-refractivity contribution in [3.63, 3.8) is 0 Å². The van der Waals surface area contributed by atoms with E-state index in [4.69, 9.17) is 5.11 Å². The molecule has 1 saturated heterocycles. The smallest absolute Gasteiger partial charge is 0.407 e. The molecule has 9 heteroatoms. The summed E-state index contributed by atoms with van der Waals surface area (Å²) < 4.78 is 0. The number of tetrazole rings is 1. The second-order valence-electron chi connectivity index (χ2n) is 3.48. The van der Waals surface area contributed by atoms with E-state index in [-0.39, 0.29) is 19.2 Å². The van der Waals surface area contributed by atoms with Crippen molar-refractivity contribution in [2.45, 2.75) is 6.04 Å². The fraction of sp³-hybridized carbons (Fsp3) is 0.714. The molecule has 0 saturated carbocycles. The van der Waals surface area contributed by atoms with Gasteiger partial charge in [-0.05, 0) is 10.4 Å². The number of hydrogen-bond acceptors (Lipinski definition) is 6. The summed E-state index contributed by atoms with van der Waals surface area (Å²) in [7, 11) is 0. The molecule has 2 heterocycles. The van der Waals surface area contributed by atoms with Crippen molar-refractivity contribution >= 4 is 12.0 Å². The predicted molar refractivity (Wildman–Crippen MR) is 52.0 cm³/mol. The van der Waals surface area contributed by atoms with Gasteiger partial charge in [-0.3, -0.25) is 0 Å². The lowest BCUT2D eigenvalue weighted by atomic mass is 10.2. The van der Waals surface area contributed by atoms with Crippen LogP contribution in [0.5, 0.6) is 0 Å². The van der Waals surface area contributed by atoms with E-state index in [2.05, 4.69) is 20.6 Å². The number of aliphatic hydroxyl groups is 1. The summed E-state index contributed by atoms with van der Waals surface area (Å²) >= 11 is 0. The zero-order valence-corrected chi connectivity index (χ0v) is 8.44. The number of aromatic nitrogens is 4. The van der Waals surface area contributed by atoms with Gasteiger partial charge in [0.2, 0.25) is 5.95 Å². The molecule has 0 aromatic carbocycles. The molecule has 88 valence electrons. The lowest BCUT2D eigenvalue weighted by Gasteiger charge is -2.38. The maximum atomic E-state index is 10.8. The van der Waals surface area contributed by atoms with E-state index in [1.807, 2.05) is 0 Å². The van der Waals surface area contributed by atoms with Crippen LogP contribution in [-0.2, 0) is 0 Å². The molecule has 1 aliphatic rings. The van der Waals surface area contributed by atoms with Crippen molar-refractivity contribution in [2.24, 2.45) is 0 Å². The Bertz CT molecular complexity index is 355.